The van der Waals surface area contributed by atoms with Crippen LogP contribution in [0.1, 0.15) is 36.6 Å². The highest BCUT2D eigenvalue weighted by Crippen LogP contribution is 2.31. The Balaban J connectivity index is 1.58. The number of benzene rings is 3. The first kappa shape index (κ1) is 21.4. The van der Waals surface area contributed by atoms with Gasteiger partial charge in [0.05, 0.1) is 34.4 Å². The largest absolute Gasteiger partial charge is 0.493 e. The maximum absolute atomic E-state index is 12.8. The van der Waals surface area contributed by atoms with E-state index in [9.17, 15) is 24.5 Å². The van der Waals surface area contributed by atoms with Gasteiger partial charge in [0, 0.05) is 6.08 Å². The molecule has 1 heterocycles. The molecule has 0 N–H and O–H groups in total. The minimum Gasteiger partial charge on any atom is -0.493 e. The zero-order valence-electron chi connectivity index (χ0n) is 17.3. The lowest BCUT2D eigenvalue weighted by Crippen LogP contribution is -2.29. The molecule has 9 nitrogen and oxygen atoms in total. The van der Waals surface area contributed by atoms with Crippen LogP contribution in [0.25, 0.3) is 6.08 Å². The number of imide groups is 1. The normalized spacial score (nSPS) is 12.7. The molecule has 0 saturated carbocycles. The smallest absolute Gasteiger partial charge is 0.343 e. The van der Waals surface area contributed by atoms with Gasteiger partial charge < -0.3 is 9.47 Å². The van der Waals surface area contributed by atoms with Gasteiger partial charge in [0.2, 0.25) is 6.20 Å². The Bertz CT molecular complexity index is 1290. The highest BCUT2D eigenvalue weighted by molar-refractivity contribution is 6.34. The van der Waals surface area contributed by atoms with Crippen molar-refractivity contribution >= 4 is 29.5 Å². The van der Waals surface area contributed by atoms with Gasteiger partial charge in [-0.1, -0.05) is 24.3 Å². The van der Waals surface area contributed by atoms with Gasteiger partial charge in [0.15, 0.2) is 11.5 Å². The van der Waals surface area contributed by atoms with Crippen LogP contribution >= 0.6 is 0 Å². The predicted octanol–water partition coefficient (Wildman–Crippen LogP) is 3.96. The lowest BCUT2D eigenvalue weighted by molar-refractivity contribution is -0.400. The van der Waals surface area contributed by atoms with Gasteiger partial charge in [-0.15, -0.1) is 0 Å². The van der Waals surface area contributed by atoms with E-state index in [-0.39, 0.29) is 22.7 Å². The molecule has 0 spiro atoms. The Morgan fingerprint density at radius 2 is 1.64 bits per heavy atom. The molecule has 3 aromatic rings. The van der Waals surface area contributed by atoms with Crippen molar-refractivity contribution in [3.05, 3.63) is 105 Å². The van der Waals surface area contributed by atoms with Gasteiger partial charge in [0.1, 0.15) is 0 Å². The lowest BCUT2D eigenvalue weighted by atomic mass is 10.1. The van der Waals surface area contributed by atoms with Crippen LogP contribution in [0.4, 0.5) is 5.69 Å². The molecule has 0 aliphatic carbocycles. The minimum absolute atomic E-state index is 0.104. The molecule has 33 heavy (non-hydrogen) atoms. The number of esters is 1. The first-order valence-corrected chi connectivity index (χ1v) is 9.69. The molecule has 4 rings (SSSR count). The molecular weight excluding hydrogens is 428 g/mol. The molecule has 1 aliphatic heterocycles. The van der Waals surface area contributed by atoms with Gasteiger partial charge in [-0.25, -0.2) is 9.69 Å². The number of carbonyl (C=O) groups excluding carboxylic acids is 3. The van der Waals surface area contributed by atoms with Gasteiger partial charge in [0.25, 0.3) is 11.8 Å². The van der Waals surface area contributed by atoms with E-state index < -0.39 is 22.7 Å². The summed E-state index contributed by atoms with van der Waals surface area (Å²) < 4.78 is 10.6. The van der Waals surface area contributed by atoms with E-state index in [4.69, 9.17) is 9.47 Å². The maximum atomic E-state index is 12.8. The van der Waals surface area contributed by atoms with E-state index >= 15 is 0 Å². The highest BCUT2D eigenvalue weighted by Gasteiger charge is 2.36. The lowest BCUT2D eigenvalue weighted by Gasteiger charge is -2.15. The first-order valence-electron chi connectivity index (χ1n) is 9.69. The molecule has 0 fully saturated rings. The third-order valence-electron chi connectivity index (χ3n) is 4.91. The number of nitrogens with zero attached hydrogens (tertiary/aromatic N) is 2. The Labute approximate surface area is 187 Å². The van der Waals surface area contributed by atoms with E-state index in [1.807, 2.05) is 0 Å². The summed E-state index contributed by atoms with van der Waals surface area (Å²) in [6, 6.07) is 16.9. The van der Waals surface area contributed by atoms with Crippen LogP contribution in [-0.2, 0) is 0 Å². The molecule has 164 valence electrons. The van der Waals surface area contributed by atoms with Crippen molar-refractivity contribution in [3.63, 3.8) is 0 Å². The van der Waals surface area contributed by atoms with Crippen molar-refractivity contribution < 1.29 is 28.8 Å². The topological polar surface area (TPSA) is 116 Å². The van der Waals surface area contributed by atoms with E-state index in [2.05, 4.69) is 0 Å². The van der Waals surface area contributed by atoms with Crippen molar-refractivity contribution in [2.45, 2.75) is 0 Å². The van der Waals surface area contributed by atoms with Crippen LogP contribution < -0.4 is 14.4 Å². The fraction of sp³-hybridized carbons (Fsp3) is 0.0417. The van der Waals surface area contributed by atoms with Crippen molar-refractivity contribution in [3.8, 4) is 11.5 Å². The molecule has 0 unspecified atom stereocenters. The molecule has 0 bridgehead atoms. The number of amides is 2. The summed E-state index contributed by atoms with van der Waals surface area (Å²) >= 11 is 0. The summed E-state index contributed by atoms with van der Waals surface area (Å²) in [7, 11) is 1.37. The predicted molar refractivity (Wildman–Crippen MR) is 118 cm³/mol. The van der Waals surface area contributed by atoms with E-state index in [0.717, 1.165) is 11.1 Å². The number of ether oxygens (including phenoxy) is 2. The number of rotatable bonds is 6. The quantitative estimate of drug-likeness (QED) is 0.186. The Morgan fingerprint density at radius 1 is 0.939 bits per heavy atom. The van der Waals surface area contributed by atoms with Gasteiger partial charge in [-0.05, 0) is 48.0 Å². The number of anilines is 1. The molecule has 0 radical (unpaired) electrons. The zero-order chi connectivity index (χ0) is 23.5. The maximum Gasteiger partial charge on any atom is 0.343 e. The van der Waals surface area contributed by atoms with E-state index in [1.165, 1.54) is 49.6 Å². The van der Waals surface area contributed by atoms with Gasteiger partial charge in [-0.2, -0.15) is 0 Å². The van der Waals surface area contributed by atoms with Crippen molar-refractivity contribution in [2.24, 2.45) is 0 Å². The second-order valence-electron chi connectivity index (χ2n) is 6.94. The zero-order valence-corrected chi connectivity index (χ0v) is 17.3. The molecule has 2 amide bonds. The van der Waals surface area contributed by atoms with Crippen LogP contribution in [-0.4, -0.2) is 29.8 Å². The van der Waals surface area contributed by atoms with Crippen LogP contribution in [0.15, 0.2) is 72.9 Å². The summed E-state index contributed by atoms with van der Waals surface area (Å²) in [4.78, 5) is 49.1. The number of fused-ring (bicyclic) bond motifs is 1. The van der Waals surface area contributed by atoms with E-state index in [1.54, 1.807) is 30.3 Å². The standard InChI is InChI=1S/C24H16N2O7/c1-32-21-13-15(11-12-25(30)31)9-10-20(21)33-24(29)16-5-4-6-17(14-16)26-22(27)18-7-2-3-8-19(18)23(26)28/h2-14H,1H3/b12-11+. The summed E-state index contributed by atoms with van der Waals surface area (Å²) in [6.07, 6.45) is 2.06. The second-order valence-corrected chi connectivity index (χ2v) is 6.94. The van der Waals surface area contributed by atoms with Crippen molar-refractivity contribution in [1.82, 2.24) is 0 Å². The van der Waals surface area contributed by atoms with Crippen LogP contribution in [0.2, 0.25) is 0 Å². The van der Waals surface area contributed by atoms with E-state index in [0.29, 0.717) is 16.7 Å². The summed E-state index contributed by atoms with van der Waals surface area (Å²) in [5, 5.41) is 10.5. The number of methoxy groups -OCH3 is 1. The monoisotopic (exact) mass is 444 g/mol. The number of carbonyl (C=O) groups is 3. The highest BCUT2D eigenvalue weighted by atomic mass is 16.6. The van der Waals surface area contributed by atoms with Crippen molar-refractivity contribution in [1.29, 1.82) is 0 Å². The second kappa shape index (κ2) is 8.75. The van der Waals surface area contributed by atoms with Crippen LogP contribution in [0.5, 0.6) is 11.5 Å². The Morgan fingerprint density at radius 3 is 2.27 bits per heavy atom. The average Bonchev–Trinajstić information content (AvgIpc) is 3.08. The molecule has 0 saturated heterocycles. The molecular formula is C24H16N2O7. The molecule has 0 atom stereocenters. The van der Waals surface area contributed by atoms with Gasteiger partial charge >= 0.3 is 5.97 Å². The van der Waals surface area contributed by atoms with Crippen LogP contribution in [0.3, 0.4) is 0 Å². The fourth-order valence-electron chi connectivity index (χ4n) is 3.37. The number of nitro groups is 1. The van der Waals surface area contributed by atoms with Gasteiger partial charge in [-0.3, -0.25) is 19.7 Å². The number of hydrogen-bond acceptors (Lipinski definition) is 7. The Hall–Kier alpha value is -4.79. The molecule has 0 aromatic heterocycles. The third-order valence-corrected chi connectivity index (χ3v) is 4.91. The SMILES string of the molecule is COc1cc(/C=C/[N+](=O)[O-])ccc1OC(=O)c1cccc(N2C(=O)c3ccccc3C2=O)c1. The van der Waals surface area contributed by atoms with Crippen molar-refractivity contribution in [2.75, 3.05) is 12.0 Å². The summed E-state index contributed by atoms with van der Waals surface area (Å²) in [6.45, 7) is 0. The number of hydrogen-bond donors (Lipinski definition) is 0. The molecule has 1 aliphatic rings. The minimum atomic E-state index is -0.736. The van der Waals surface area contributed by atoms with Crippen LogP contribution in [0, 0.1) is 10.1 Å². The Kier molecular flexibility index (Phi) is 5.69. The molecule has 9 heteroatoms. The molecule has 3 aromatic carbocycles. The fourth-order valence-corrected chi connectivity index (χ4v) is 3.37. The summed E-state index contributed by atoms with van der Waals surface area (Å²) in [5.41, 5.74) is 1.43. The summed E-state index contributed by atoms with van der Waals surface area (Å²) in [5.74, 6) is -1.38. The average molecular weight is 444 g/mol. The third kappa shape index (κ3) is 4.19. The first-order chi connectivity index (χ1) is 15.9.